The van der Waals surface area contributed by atoms with Crippen LogP contribution in [0.5, 0.6) is 0 Å². The largest absolute Gasteiger partial charge is 0.416 e. The van der Waals surface area contributed by atoms with Gasteiger partial charge in [-0.15, -0.1) is 10.2 Å². The van der Waals surface area contributed by atoms with Gasteiger partial charge in [0.1, 0.15) is 0 Å². The molecule has 5 rings (SSSR count). The summed E-state index contributed by atoms with van der Waals surface area (Å²) in [5.41, 5.74) is 9.86. The van der Waals surface area contributed by atoms with Crippen molar-refractivity contribution in [3.63, 3.8) is 0 Å². The molecule has 0 fully saturated rings. The Kier molecular flexibility index (Phi) is 6.44. The summed E-state index contributed by atoms with van der Waals surface area (Å²) in [6, 6.07) is 7.97. The van der Waals surface area contributed by atoms with Crippen molar-refractivity contribution in [2.24, 2.45) is 12.8 Å². The summed E-state index contributed by atoms with van der Waals surface area (Å²) in [5.74, 6) is -0.353. The van der Waals surface area contributed by atoms with E-state index in [0.717, 1.165) is 28.1 Å². The van der Waals surface area contributed by atoms with E-state index in [4.69, 9.17) is 10.2 Å². The molecule has 4 heterocycles. The SMILES string of the molecule is C[C@H](O)CN1CC[C@@H](c2nnc(C(N)=O)o2)c2ccc(-c3ccnc(Nc4cnn(C)c4)n3)cc2C1. The third-order valence-electron chi connectivity index (χ3n) is 6.03. The smallest absolute Gasteiger partial charge is 0.306 e. The molecule has 4 N–H and O–H groups in total. The van der Waals surface area contributed by atoms with Gasteiger partial charge >= 0.3 is 11.8 Å². The second kappa shape index (κ2) is 9.84. The second-order valence-electron chi connectivity index (χ2n) is 8.94. The first-order valence-corrected chi connectivity index (χ1v) is 11.6. The zero-order chi connectivity index (χ0) is 25.2. The maximum Gasteiger partial charge on any atom is 0.306 e. The van der Waals surface area contributed by atoms with E-state index >= 15 is 0 Å². The first kappa shape index (κ1) is 23.6. The van der Waals surface area contributed by atoms with Crippen LogP contribution >= 0.6 is 0 Å². The lowest BCUT2D eigenvalue weighted by Gasteiger charge is -2.22. The van der Waals surface area contributed by atoms with Crippen LogP contribution in [0.15, 0.2) is 47.3 Å². The number of benzene rings is 1. The van der Waals surface area contributed by atoms with E-state index < -0.39 is 12.0 Å². The number of primary amides is 1. The van der Waals surface area contributed by atoms with Crippen molar-refractivity contribution < 1.29 is 14.3 Å². The summed E-state index contributed by atoms with van der Waals surface area (Å²) in [4.78, 5) is 22.7. The molecule has 4 aromatic rings. The predicted octanol–water partition coefficient (Wildman–Crippen LogP) is 1.82. The molecule has 186 valence electrons. The number of hydrogen-bond donors (Lipinski definition) is 3. The van der Waals surface area contributed by atoms with Crippen LogP contribution in [0, 0.1) is 0 Å². The normalized spacial score (nSPS) is 16.8. The molecule has 0 saturated carbocycles. The van der Waals surface area contributed by atoms with Crippen LogP contribution in [0.25, 0.3) is 11.3 Å². The fourth-order valence-electron chi connectivity index (χ4n) is 4.48. The molecule has 12 heteroatoms. The van der Waals surface area contributed by atoms with Crippen molar-refractivity contribution >= 4 is 17.5 Å². The van der Waals surface area contributed by atoms with Gasteiger partial charge in [0.25, 0.3) is 0 Å². The maximum absolute atomic E-state index is 11.5. The van der Waals surface area contributed by atoms with Crippen molar-refractivity contribution in [2.45, 2.75) is 31.9 Å². The van der Waals surface area contributed by atoms with Crippen LogP contribution in [-0.2, 0) is 13.6 Å². The number of aliphatic hydroxyl groups is 1. The molecule has 36 heavy (non-hydrogen) atoms. The van der Waals surface area contributed by atoms with E-state index in [1.165, 1.54) is 0 Å². The van der Waals surface area contributed by atoms with Gasteiger partial charge in [-0.1, -0.05) is 12.1 Å². The Morgan fingerprint density at radius 2 is 2.19 bits per heavy atom. The van der Waals surface area contributed by atoms with E-state index in [1.807, 2.05) is 31.4 Å². The van der Waals surface area contributed by atoms with Gasteiger partial charge in [-0.2, -0.15) is 5.10 Å². The van der Waals surface area contributed by atoms with Crippen molar-refractivity contribution in [1.82, 2.24) is 34.8 Å². The van der Waals surface area contributed by atoms with E-state index in [-0.39, 0.29) is 11.8 Å². The number of aryl methyl sites for hydroxylation is 1. The van der Waals surface area contributed by atoms with Crippen molar-refractivity contribution in [3.8, 4) is 11.3 Å². The minimum Gasteiger partial charge on any atom is -0.416 e. The standard InChI is InChI=1S/C24H27N9O3/c1-14(34)11-33-8-6-19(22-30-31-23(36-22)21(25)35)18-4-3-15(9-16(18)12-33)20-5-7-26-24(29-20)28-17-10-27-32(2)13-17/h3-5,7,9-10,13-14,19,34H,6,8,11-12H2,1-2H3,(H2,25,35)(H,26,28,29)/t14-,19+/m0/s1. The molecule has 3 aromatic heterocycles. The monoisotopic (exact) mass is 489 g/mol. The van der Waals surface area contributed by atoms with Gasteiger partial charge in [0, 0.05) is 38.1 Å². The van der Waals surface area contributed by atoms with Gasteiger partial charge in [0.05, 0.1) is 29.6 Å². The van der Waals surface area contributed by atoms with Crippen LogP contribution in [0.3, 0.4) is 0 Å². The number of carbonyl (C=O) groups is 1. The summed E-state index contributed by atoms with van der Waals surface area (Å²) >= 11 is 0. The molecule has 2 atom stereocenters. The molecule has 0 unspecified atom stereocenters. The number of nitrogens with zero attached hydrogens (tertiary/aromatic N) is 7. The van der Waals surface area contributed by atoms with Gasteiger partial charge in [0.2, 0.25) is 11.8 Å². The molecule has 12 nitrogen and oxygen atoms in total. The highest BCUT2D eigenvalue weighted by molar-refractivity contribution is 5.87. The first-order chi connectivity index (χ1) is 17.4. The lowest BCUT2D eigenvalue weighted by Crippen LogP contribution is -2.30. The van der Waals surface area contributed by atoms with Crippen LogP contribution in [-0.4, -0.2) is 65.1 Å². The molecular weight excluding hydrogens is 462 g/mol. The zero-order valence-electron chi connectivity index (χ0n) is 20.0. The number of nitrogens with one attached hydrogen (secondary N) is 1. The Labute approximate surface area is 207 Å². The van der Waals surface area contributed by atoms with Gasteiger partial charge in [-0.25, -0.2) is 9.97 Å². The van der Waals surface area contributed by atoms with Crippen molar-refractivity contribution in [1.29, 1.82) is 0 Å². The van der Waals surface area contributed by atoms with E-state index in [0.29, 0.717) is 37.9 Å². The van der Waals surface area contributed by atoms with E-state index in [9.17, 15) is 9.90 Å². The number of rotatable bonds is 7. The Balaban J connectivity index is 1.49. The molecule has 0 spiro atoms. The highest BCUT2D eigenvalue weighted by Gasteiger charge is 2.29. The molecule has 0 saturated heterocycles. The van der Waals surface area contributed by atoms with Crippen molar-refractivity contribution in [3.05, 3.63) is 65.8 Å². The molecule has 0 bridgehead atoms. The van der Waals surface area contributed by atoms with E-state index in [1.54, 1.807) is 24.0 Å². The second-order valence-corrected chi connectivity index (χ2v) is 8.94. The van der Waals surface area contributed by atoms with Crippen LogP contribution in [0.2, 0.25) is 0 Å². The first-order valence-electron chi connectivity index (χ1n) is 11.6. The van der Waals surface area contributed by atoms with E-state index in [2.05, 4.69) is 41.5 Å². The third-order valence-corrected chi connectivity index (χ3v) is 6.03. The Hall–Kier alpha value is -4.16. The minimum atomic E-state index is -0.756. The number of amides is 1. The Bertz CT molecular complexity index is 1380. The average Bonchev–Trinajstić information content (AvgIpc) is 3.45. The topological polar surface area (TPSA) is 161 Å². The number of carbonyl (C=O) groups excluding carboxylic acids is 1. The number of nitrogens with two attached hydrogens (primary N) is 1. The lowest BCUT2D eigenvalue weighted by atomic mass is 9.91. The summed E-state index contributed by atoms with van der Waals surface area (Å²) in [7, 11) is 1.84. The van der Waals surface area contributed by atoms with Crippen molar-refractivity contribution in [2.75, 3.05) is 18.4 Å². The quantitative estimate of drug-likeness (QED) is 0.349. The summed E-state index contributed by atoms with van der Waals surface area (Å²) in [6.45, 7) is 3.64. The number of aliphatic hydroxyl groups excluding tert-OH is 1. The molecule has 1 aliphatic rings. The Morgan fingerprint density at radius 1 is 1.33 bits per heavy atom. The fraction of sp³-hybridized carbons (Fsp3) is 0.333. The number of aromatic nitrogens is 6. The van der Waals surface area contributed by atoms with Gasteiger partial charge in [-0.05, 0) is 43.1 Å². The zero-order valence-corrected chi connectivity index (χ0v) is 20.0. The lowest BCUT2D eigenvalue weighted by molar-refractivity contribution is 0.0964. The predicted molar refractivity (Wildman–Crippen MR) is 130 cm³/mol. The average molecular weight is 490 g/mol. The molecule has 0 radical (unpaired) electrons. The molecule has 1 aromatic carbocycles. The Morgan fingerprint density at radius 3 is 2.92 bits per heavy atom. The number of β-amino-alcohol motifs (C(OH)–C–C–N with tert-alkyl or cyclic N) is 1. The molecule has 1 amide bonds. The summed E-state index contributed by atoms with van der Waals surface area (Å²) in [5, 5.41) is 25.2. The van der Waals surface area contributed by atoms with Gasteiger partial charge in [-0.3, -0.25) is 14.4 Å². The third kappa shape index (κ3) is 5.09. The minimum absolute atomic E-state index is 0.206. The summed E-state index contributed by atoms with van der Waals surface area (Å²) < 4.78 is 7.30. The maximum atomic E-state index is 11.5. The number of fused-ring (bicyclic) bond motifs is 1. The number of hydrogen-bond acceptors (Lipinski definition) is 10. The van der Waals surface area contributed by atoms with Crippen LogP contribution < -0.4 is 11.1 Å². The van der Waals surface area contributed by atoms with Crippen LogP contribution in [0.1, 0.15) is 47.0 Å². The molecule has 1 aliphatic heterocycles. The highest BCUT2D eigenvalue weighted by atomic mass is 16.4. The fourth-order valence-corrected chi connectivity index (χ4v) is 4.48. The van der Waals surface area contributed by atoms with Gasteiger partial charge < -0.3 is 20.6 Å². The van der Waals surface area contributed by atoms with Crippen LogP contribution in [0.4, 0.5) is 11.6 Å². The molecule has 0 aliphatic carbocycles. The van der Waals surface area contributed by atoms with Gasteiger partial charge in [0.15, 0.2) is 0 Å². The molecular formula is C24H27N9O3. The summed E-state index contributed by atoms with van der Waals surface area (Å²) in [6.07, 6.45) is 5.47. The number of anilines is 2. The highest BCUT2D eigenvalue weighted by Crippen LogP contribution is 2.35.